The summed E-state index contributed by atoms with van der Waals surface area (Å²) >= 11 is 0. The highest BCUT2D eigenvalue weighted by Gasteiger charge is 2.16. The number of nitrogens with one attached hydrogen (secondary N) is 2. The molecule has 2 rings (SSSR count). The Labute approximate surface area is 114 Å². The van der Waals surface area contributed by atoms with E-state index in [9.17, 15) is 0 Å². The number of guanidine groups is 1. The van der Waals surface area contributed by atoms with E-state index >= 15 is 0 Å². The number of fused-ring (bicyclic) bond motifs is 1. The van der Waals surface area contributed by atoms with Crippen LogP contribution in [-0.2, 0) is 19.5 Å². The first-order chi connectivity index (χ1) is 9.20. The average molecular weight is 264 g/mol. The molecule has 1 aromatic rings. The monoisotopic (exact) mass is 264 g/mol. The van der Waals surface area contributed by atoms with E-state index in [-0.39, 0.29) is 0 Å². The van der Waals surface area contributed by atoms with Gasteiger partial charge in [0, 0.05) is 26.1 Å². The predicted octanol–water partition coefficient (Wildman–Crippen LogP) is 0.935. The number of hydrogen-bond donors (Lipinski definition) is 2. The third kappa shape index (κ3) is 3.68. The van der Waals surface area contributed by atoms with E-state index in [1.54, 1.807) is 0 Å². The molecule has 0 aliphatic carbocycles. The number of hydrogen-bond acceptors (Lipinski definition) is 3. The van der Waals surface area contributed by atoms with Crippen molar-refractivity contribution < 1.29 is 0 Å². The molecule has 19 heavy (non-hydrogen) atoms. The summed E-state index contributed by atoms with van der Waals surface area (Å²) in [5.74, 6) is 3.52. The Bertz CT molecular complexity index is 434. The summed E-state index contributed by atoms with van der Waals surface area (Å²) in [7, 11) is 0. The second-order valence-corrected chi connectivity index (χ2v) is 5.26. The third-order valence-corrected chi connectivity index (χ3v) is 3.09. The minimum atomic E-state index is 0.584. The Morgan fingerprint density at radius 3 is 2.95 bits per heavy atom. The summed E-state index contributed by atoms with van der Waals surface area (Å²) in [4.78, 5) is 4.58. The molecule has 0 saturated heterocycles. The quantitative estimate of drug-likeness (QED) is 0.613. The van der Waals surface area contributed by atoms with E-state index in [1.807, 2.05) is 0 Å². The molecule has 6 nitrogen and oxygen atoms in total. The van der Waals surface area contributed by atoms with Crippen LogP contribution in [0.4, 0.5) is 0 Å². The number of rotatable bonds is 5. The fraction of sp³-hybridized carbons (Fsp3) is 0.769. The van der Waals surface area contributed by atoms with Crippen LogP contribution in [0, 0.1) is 5.92 Å². The van der Waals surface area contributed by atoms with Gasteiger partial charge in [0.1, 0.15) is 12.4 Å². The largest absolute Gasteiger partial charge is 0.357 e. The molecular formula is C13H24N6. The molecule has 0 radical (unpaired) electrons. The van der Waals surface area contributed by atoms with Crippen molar-refractivity contribution in [2.75, 3.05) is 13.1 Å². The van der Waals surface area contributed by atoms with Crippen LogP contribution in [0.15, 0.2) is 4.99 Å². The topological polar surface area (TPSA) is 67.1 Å². The molecule has 0 aromatic carbocycles. The van der Waals surface area contributed by atoms with E-state index in [2.05, 4.69) is 51.2 Å². The van der Waals surface area contributed by atoms with Crippen molar-refractivity contribution in [3.63, 3.8) is 0 Å². The first-order valence-corrected chi connectivity index (χ1v) is 7.13. The van der Waals surface area contributed by atoms with Crippen molar-refractivity contribution in [2.45, 2.75) is 46.7 Å². The average Bonchev–Trinajstić information content (AvgIpc) is 2.96. The van der Waals surface area contributed by atoms with Crippen molar-refractivity contribution in [3.8, 4) is 0 Å². The summed E-state index contributed by atoms with van der Waals surface area (Å²) in [6.45, 7) is 9.83. The molecule has 0 fully saturated rings. The molecule has 2 heterocycles. The van der Waals surface area contributed by atoms with Crippen molar-refractivity contribution >= 4 is 5.96 Å². The molecule has 2 N–H and O–H groups in total. The van der Waals surface area contributed by atoms with Gasteiger partial charge in [0.15, 0.2) is 11.8 Å². The van der Waals surface area contributed by atoms with Crippen LogP contribution in [0.1, 0.15) is 38.8 Å². The second-order valence-electron chi connectivity index (χ2n) is 5.26. The van der Waals surface area contributed by atoms with Crippen molar-refractivity contribution in [2.24, 2.45) is 10.9 Å². The molecule has 0 amide bonds. The summed E-state index contributed by atoms with van der Waals surface area (Å²) in [6.07, 6.45) is 2.22. The van der Waals surface area contributed by atoms with Crippen LogP contribution in [0.3, 0.4) is 0 Å². The first-order valence-electron chi connectivity index (χ1n) is 7.13. The maximum absolute atomic E-state index is 4.58. The molecule has 0 atom stereocenters. The lowest BCUT2D eigenvalue weighted by Gasteiger charge is -2.12. The van der Waals surface area contributed by atoms with Crippen LogP contribution >= 0.6 is 0 Å². The van der Waals surface area contributed by atoms with Gasteiger partial charge in [0.2, 0.25) is 0 Å². The van der Waals surface area contributed by atoms with Crippen LogP contribution in [0.5, 0.6) is 0 Å². The van der Waals surface area contributed by atoms with Crippen molar-refractivity contribution in [3.05, 3.63) is 11.6 Å². The Morgan fingerprint density at radius 1 is 1.37 bits per heavy atom. The van der Waals surface area contributed by atoms with Gasteiger partial charge in [-0.1, -0.05) is 13.8 Å². The summed E-state index contributed by atoms with van der Waals surface area (Å²) < 4.78 is 2.19. The van der Waals surface area contributed by atoms with Crippen LogP contribution in [0.2, 0.25) is 0 Å². The molecular weight excluding hydrogens is 240 g/mol. The van der Waals surface area contributed by atoms with Gasteiger partial charge >= 0.3 is 0 Å². The molecule has 0 saturated carbocycles. The smallest absolute Gasteiger partial charge is 0.191 e. The number of nitrogens with zero attached hydrogens (tertiary/aromatic N) is 4. The lowest BCUT2D eigenvalue weighted by atomic mass is 10.2. The van der Waals surface area contributed by atoms with E-state index in [1.165, 1.54) is 6.42 Å². The van der Waals surface area contributed by atoms with Gasteiger partial charge in [-0.2, -0.15) is 0 Å². The van der Waals surface area contributed by atoms with Gasteiger partial charge in [0.25, 0.3) is 0 Å². The van der Waals surface area contributed by atoms with Gasteiger partial charge in [-0.25, -0.2) is 4.99 Å². The molecule has 0 bridgehead atoms. The predicted molar refractivity (Wildman–Crippen MR) is 76.0 cm³/mol. The molecule has 0 spiro atoms. The van der Waals surface area contributed by atoms with Gasteiger partial charge in [0.05, 0.1) is 0 Å². The Balaban J connectivity index is 1.96. The molecule has 1 aromatic heterocycles. The molecule has 6 heteroatoms. The van der Waals surface area contributed by atoms with E-state index < -0.39 is 0 Å². The maximum Gasteiger partial charge on any atom is 0.191 e. The SMILES string of the molecule is CCNC(=NCc1nnc2n1CCC2)NCC(C)C. The maximum atomic E-state index is 4.58. The van der Waals surface area contributed by atoms with Gasteiger partial charge in [-0.05, 0) is 19.3 Å². The van der Waals surface area contributed by atoms with Crippen LogP contribution in [0.25, 0.3) is 0 Å². The molecule has 1 aliphatic rings. The first kappa shape index (κ1) is 13.8. The van der Waals surface area contributed by atoms with E-state index in [0.29, 0.717) is 12.5 Å². The molecule has 1 aliphatic heterocycles. The fourth-order valence-corrected chi connectivity index (χ4v) is 2.12. The lowest BCUT2D eigenvalue weighted by Crippen LogP contribution is -2.39. The minimum Gasteiger partial charge on any atom is -0.357 e. The van der Waals surface area contributed by atoms with Crippen molar-refractivity contribution in [1.29, 1.82) is 0 Å². The van der Waals surface area contributed by atoms with Crippen LogP contribution in [-0.4, -0.2) is 33.8 Å². The van der Waals surface area contributed by atoms with E-state index in [4.69, 9.17) is 0 Å². The van der Waals surface area contributed by atoms with Crippen LogP contribution < -0.4 is 10.6 Å². The normalized spacial score (nSPS) is 14.8. The Morgan fingerprint density at radius 2 is 2.21 bits per heavy atom. The zero-order valence-electron chi connectivity index (χ0n) is 12.1. The third-order valence-electron chi connectivity index (χ3n) is 3.09. The summed E-state index contributed by atoms with van der Waals surface area (Å²) in [5.41, 5.74) is 0. The fourth-order valence-electron chi connectivity index (χ4n) is 2.12. The Hall–Kier alpha value is -1.59. The summed E-state index contributed by atoms with van der Waals surface area (Å²) in [5, 5.41) is 15.0. The molecule has 0 unspecified atom stereocenters. The number of aryl methyl sites for hydroxylation is 1. The lowest BCUT2D eigenvalue weighted by molar-refractivity contribution is 0.613. The minimum absolute atomic E-state index is 0.584. The van der Waals surface area contributed by atoms with Crippen molar-refractivity contribution in [1.82, 2.24) is 25.4 Å². The van der Waals surface area contributed by atoms with Gasteiger partial charge in [-0.15, -0.1) is 10.2 Å². The standard InChI is InChI=1S/C13H24N6/c1-4-14-13(15-8-10(2)3)16-9-12-18-17-11-6-5-7-19(11)12/h10H,4-9H2,1-3H3,(H2,14,15,16). The zero-order chi connectivity index (χ0) is 13.7. The zero-order valence-corrected chi connectivity index (χ0v) is 12.1. The summed E-state index contributed by atoms with van der Waals surface area (Å²) in [6, 6.07) is 0. The van der Waals surface area contributed by atoms with Gasteiger partial charge in [-0.3, -0.25) is 0 Å². The van der Waals surface area contributed by atoms with E-state index in [0.717, 1.165) is 43.7 Å². The number of aromatic nitrogens is 3. The Kier molecular flexibility index (Phi) is 4.76. The molecule has 106 valence electrons. The highest BCUT2D eigenvalue weighted by Crippen LogP contribution is 2.14. The number of aliphatic imine (C=N–C) groups is 1. The highest BCUT2D eigenvalue weighted by molar-refractivity contribution is 5.79. The second kappa shape index (κ2) is 6.54. The highest BCUT2D eigenvalue weighted by atomic mass is 15.3. The van der Waals surface area contributed by atoms with Gasteiger partial charge < -0.3 is 15.2 Å².